The summed E-state index contributed by atoms with van der Waals surface area (Å²) in [5.74, 6) is 0. The molecule has 0 unspecified atom stereocenters. The Kier molecular flexibility index (Phi) is 2.63. The molecule has 0 fully saturated rings. The Morgan fingerprint density at radius 2 is 1.81 bits per heavy atom. The van der Waals surface area contributed by atoms with Crippen LogP contribution in [0.2, 0.25) is 0 Å². The smallest absolute Gasteiger partial charge is 0.399 e. The predicted molar refractivity (Wildman–Crippen MR) is 59.2 cm³/mol. The van der Waals surface area contributed by atoms with E-state index >= 15 is 0 Å². The molecule has 2 rings (SSSR count). The topological polar surface area (TPSA) is 26.0 Å². The lowest BCUT2D eigenvalue weighted by Crippen LogP contribution is -2.05. The molecular weight excluding hydrogens is 235 g/mol. The summed E-state index contributed by atoms with van der Waals surface area (Å²) in [5, 5.41) is 3.60. The van der Waals surface area contributed by atoms with E-state index in [0.29, 0.717) is 5.56 Å². The minimum absolute atomic E-state index is 0.121. The maximum atomic E-state index is 12.5. The van der Waals surface area contributed by atoms with Crippen molar-refractivity contribution in [3.05, 3.63) is 40.6 Å². The zero-order valence-electron chi connectivity index (χ0n) is 8.08. The molecule has 1 aromatic heterocycles. The molecule has 0 aliphatic rings. The first-order valence-corrected chi connectivity index (χ1v) is 5.41. The number of rotatable bonds is 1. The van der Waals surface area contributed by atoms with Gasteiger partial charge in [0.1, 0.15) is 0 Å². The molecule has 1 heterocycles. The number of thiophene rings is 1. The van der Waals surface area contributed by atoms with Crippen LogP contribution in [0, 0.1) is 0 Å². The van der Waals surface area contributed by atoms with Gasteiger partial charge in [-0.3, -0.25) is 0 Å². The molecule has 84 valence electrons. The van der Waals surface area contributed by atoms with Crippen molar-refractivity contribution in [3.63, 3.8) is 0 Å². The molecule has 0 radical (unpaired) electrons. The number of hydrogen-bond donors (Lipinski definition) is 1. The summed E-state index contributed by atoms with van der Waals surface area (Å²) in [6.07, 6.45) is -4.36. The van der Waals surface area contributed by atoms with Crippen LogP contribution in [0.25, 0.3) is 11.1 Å². The van der Waals surface area contributed by atoms with E-state index in [0.717, 1.165) is 17.7 Å². The number of hydrogen-bond acceptors (Lipinski definition) is 2. The zero-order chi connectivity index (χ0) is 11.8. The molecule has 0 aliphatic heterocycles. The molecular formula is C11H8F3NS. The van der Waals surface area contributed by atoms with Crippen LogP contribution < -0.4 is 5.73 Å². The van der Waals surface area contributed by atoms with E-state index in [1.165, 1.54) is 17.4 Å². The normalized spacial score (nSPS) is 11.7. The van der Waals surface area contributed by atoms with Gasteiger partial charge in [-0.25, -0.2) is 0 Å². The Morgan fingerprint density at radius 1 is 1.06 bits per heavy atom. The molecule has 1 aromatic carbocycles. The van der Waals surface area contributed by atoms with Crippen LogP contribution in [-0.4, -0.2) is 0 Å². The van der Waals surface area contributed by atoms with Crippen molar-refractivity contribution >= 4 is 17.0 Å². The van der Waals surface area contributed by atoms with Crippen molar-refractivity contribution in [1.82, 2.24) is 0 Å². The molecule has 0 bridgehead atoms. The van der Waals surface area contributed by atoms with Crippen molar-refractivity contribution < 1.29 is 13.2 Å². The van der Waals surface area contributed by atoms with Crippen LogP contribution in [0.15, 0.2) is 35.0 Å². The van der Waals surface area contributed by atoms with Gasteiger partial charge >= 0.3 is 6.18 Å². The van der Waals surface area contributed by atoms with Gasteiger partial charge in [-0.15, -0.1) is 0 Å². The van der Waals surface area contributed by atoms with Gasteiger partial charge in [0.15, 0.2) is 0 Å². The van der Waals surface area contributed by atoms with Gasteiger partial charge in [-0.05, 0) is 46.2 Å². The van der Waals surface area contributed by atoms with Crippen LogP contribution >= 0.6 is 11.3 Å². The van der Waals surface area contributed by atoms with Crippen molar-refractivity contribution in [2.45, 2.75) is 6.18 Å². The third kappa shape index (κ3) is 2.19. The highest BCUT2D eigenvalue weighted by Gasteiger charge is 2.31. The average molecular weight is 243 g/mol. The third-order valence-electron chi connectivity index (χ3n) is 2.14. The maximum absolute atomic E-state index is 12.5. The van der Waals surface area contributed by atoms with Crippen molar-refractivity contribution in [3.8, 4) is 11.1 Å². The highest BCUT2D eigenvalue weighted by Crippen LogP contribution is 2.34. The third-order valence-corrected chi connectivity index (χ3v) is 2.82. The molecule has 0 aliphatic carbocycles. The first-order valence-electron chi connectivity index (χ1n) is 4.47. The second kappa shape index (κ2) is 3.83. The van der Waals surface area contributed by atoms with E-state index in [1.54, 1.807) is 11.4 Å². The fourth-order valence-corrected chi connectivity index (χ4v) is 2.08. The van der Waals surface area contributed by atoms with Crippen LogP contribution in [0.5, 0.6) is 0 Å². The summed E-state index contributed by atoms with van der Waals surface area (Å²) >= 11 is 1.43. The van der Waals surface area contributed by atoms with Gasteiger partial charge in [-0.2, -0.15) is 24.5 Å². The summed E-state index contributed by atoms with van der Waals surface area (Å²) in [4.78, 5) is 0. The van der Waals surface area contributed by atoms with Crippen molar-refractivity contribution in [2.24, 2.45) is 0 Å². The Hall–Kier alpha value is -1.49. The second-order valence-electron chi connectivity index (χ2n) is 3.35. The number of nitrogens with two attached hydrogens (primary N) is 1. The van der Waals surface area contributed by atoms with Crippen LogP contribution in [-0.2, 0) is 6.18 Å². The Morgan fingerprint density at radius 3 is 2.38 bits per heavy atom. The van der Waals surface area contributed by atoms with Crippen molar-refractivity contribution in [1.29, 1.82) is 0 Å². The quantitative estimate of drug-likeness (QED) is 0.752. The van der Waals surface area contributed by atoms with E-state index in [9.17, 15) is 13.2 Å². The molecule has 16 heavy (non-hydrogen) atoms. The monoisotopic (exact) mass is 243 g/mol. The van der Waals surface area contributed by atoms with Gasteiger partial charge < -0.3 is 5.73 Å². The van der Waals surface area contributed by atoms with E-state index in [2.05, 4.69) is 0 Å². The summed E-state index contributed by atoms with van der Waals surface area (Å²) < 4.78 is 37.6. The SMILES string of the molecule is Nc1cc(-c2ccsc2)cc(C(F)(F)F)c1. The van der Waals surface area contributed by atoms with Gasteiger partial charge in [0.2, 0.25) is 0 Å². The summed E-state index contributed by atoms with van der Waals surface area (Å²) in [7, 11) is 0. The molecule has 1 nitrogen and oxygen atoms in total. The Labute approximate surface area is 94.3 Å². The number of nitrogen functional groups attached to an aromatic ring is 1. The first-order chi connectivity index (χ1) is 7.47. The lowest BCUT2D eigenvalue weighted by Gasteiger charge is -2.09. The first kappa shape index (κ1) is 11.0. The fourth-order valence-electron chi connectivity index (χ4n) is 1.41. The minimum atomic E-state index is -4.36. The largest absolute Gasteiger partial charge is 0.416 e. The summed E-state index contributed by atoms with van der Waals surface area (Å²) in [5.41, 5.74) is 6.12. The minimum Gasteiger partial charge on any atom is -0.399 e. The van der Waals surface area contributed by atoms with E-state index in [1.807, 2.05) is 5.38 Å². The van der Waals surface area contributed by atoms with Crippen molar-refractivity contribution in [2.75, 3.05) is 5.73 Å². The standard InChI is InChI=1S/C11H8F3NS/c12-11(13,14)9-3-8(4-10(15)5-9)7-1-2-16-6-7/h1-6H,15H2. The average Bonchev–Trinajstić information content (AvgIpc) is 2.68. The van der Waals surface area contributed by atoms with E-state index in [4.69, 9.17) is 5.73 Å². The molecule has 0 atom stereocenters. The summed E-state index contributed by atoms with van der Waals surface area (Å²) in [6, 6.07) is 5.35. The molecule has 5 heteroatoms. The van der Waals surface area contributed by atoms with Crippen LogP contribution in [0.3, 0.4) is 0 Å². The van der Waals surface area contributed by atoms with Crippen LogP contribution in [0.4, 0.5) is 18.9 Å². The predicted octanol–water partition coefficient (Wildman–Crippen LogP) is 4.02. The molecule has 0 saturated heterocycles. The van der Waals surface area contributed by atoms with E-state index in [-0.39, 0.29) is 5.69 Å². The van der Waals surface area contributed by atoms with Crippen LogP contribution in [0.1, 0.15) is 5.56 Å². The number of alkyl halides is 3. The number of anilines is 1. The second-order valence-corrected chi connectivity index (χ2v) is 4.13. The lowest BCUT2D eigenvalue weighted by molar-refractivity contribution is -0.137. The number of benzene rings is 1. The molecule has 0 spiro atoms. The van der Waals surface area contributed by atoms with Gasteiger partial charge in [-0.1, -0.05) is 0 Å². The Balaban J connectivity index is 2.53. The van der Waals surface area contributed by atoms with Gasteiger partial charge in [0, 0.05) is 5.69 Å². The van der Waals surface area contributed by atoms with Gasteiger partial charge in [0.05, 0.1) is 5.56 Å². The molecule has 0 amide bonds. The molecule has 2 aromatic rings. The zero-order valence-corrected chi connectivity index (χ0v) is 8.90. The highest BCUT2D eigenvalue weighted by atomic mass is 32.1. The Bertz CT molecular complexity index is 488. The lowest BCUT2D eigenvalue weighted by atomic mass is 10.0. The van der Waals surface area contributed by atoms with E-state index < -0.39 is 11.7 Å². The van der Waals surface area contributed by atoms with Gasteiger partial charge in [0.25, 0.3) is 0 Å². The highest BCUT2D eigenvalue weighted by molar-refractivity contribution is 7.08. The molecule has 0 saturated carbocycles. The molecule has 2 N–H and O–H groups in total. The summed E-state index contributed by atoms with van der Waals surface area (Å²) in [6.45, 7) is 0. The maximum Gasteiger partial charge on any atom is 0.416 e. The fraction of sp³-hybridized carbons (Fsp3) is 0.0909. The number of halogens is 3.